The molecule has 0 fully saturated rings. The van der Waals surface area contributed by atoms with Gasteiger partial charge in [0.15, 0.2) is 0 Å². The van der Waals surface area contributed by atoms with Crippen LogP contribution in [-0.4, -0.2) is 59.9 Å². The van der Waals surface area contributed by atoms with Crippen molar-refractivity contribution in [3.63, 3.8) is 0 Å². The number of nitrogens with one attached hydrogen (secondary N) is 2. The summed E-state index contributed by atoms with van der Waals surface area (Å²) in [5, 5.41) is 5.48. The van der Waals surface area contributed by atoms with E-state index in [1.54, 1.807) is 16.3 Å². The molecule has 0 saturated heterocycles. The van der Waals surface area contributed by atoms with Gasteiger partial charge in [-0.3, -0.25) is 19.1 Å². The highest BCUT2D eigenvalue weighted by atomic mass is 35.5. The molecule has 0 saturated carbocycles. The van der Waals surface area contributed by atoms with Crippen molar-refractivity contribution in [3.05, 3.63) is 74.9 Å². The van der Waals surface area contributed by atoms with Crippen molar-refractivity contribution in [2.45, 2.75) is 40.0 Å². The third-order valence-corrected chi connectivity index (χ3v) is 6.91. The zero-order chi connectivity index (χ0) is 30.5. The van der Waals surface area contributed by atoms with E-state index < -0.39 is 17.1 Å². The van der Waals surface area contributed by atoms with Gasteiger partial charge in [-0.1, -0.05) is 50.6 Å². The van der Waals surface area contributed by atoms with Crippen molar-refractivity contribution in [1.82, 2.24) is 19.6 Å². The van der Waals surface area contributed by atoms with Gasteiger partial charge in [-0.25, -0.2) is 9.07 Å². The summed E-state index contributed by atoms with van der Waals surface area (Å²) >= 11 is 5.90. The molecule has 0 aliphatic rings. The molecule has 3 rings (SSSR count). The lowest BCUT2D eigenvalue weighted by molar-refractivity contribution is -0.118. The number of ether oxygens (including phenoxy) is 1. The smallest absolute Gasteiger partial charge is 0.295 e. The van der Waals surface area contributed by atoms with Gasteiger partial charge in [-0.15, -0.1) is 0 Å². The Morgan fingerprint density at radius 1 is 1.17 bits per heavy atom. The number of para-hydroxylation sites is 1. The SMILES string of the molecule is CCOc1cc(F)c(Cl)cc1C(=O)NCC(C)(C)CC(=O)Nc1c([C@H](C)CN(C)C)n(C)n(-c2ccccc2)c1=O. The minimum atomic E-state index is -0.685. The molecule has 0 radical (unpaired) electrons. The van der Waals surface area contributed by atoms with Crippen LogP contribution >= 0.6 is 11.6 Å². The maximum Gasteiger partial charge on any atom is 0.295 e. The summed E-state index contributed by atoms with van der Waals surface area (Å²) in [6, 6.07) is 11.6. The molecule has 0 aliphatic carbocycles. The molecule has 222 valence electrons. The third-order valence-electron chi connectivity index (χ3n) is 6.62. The monoisotopic (exact) mass is 587 g/mol. The third kappa shape index (κ3) is 7.77. The molecule has 1 atom stereocenters. The first-order valence-corrected chi connectivity index (χ1v) is 13.9. The van der Waals surface area contributed by atoms with Crippen LogP contribution in [0.2, 0.25) is 5.02 Å². The number of rotatable bonds is 12. The summed E-state index contributed by atoms with van der Waals surface area (Å²) in [4.78, 5) is 41.9. The molecular formula is C30H39ClFN5O4. The second-order valence-corrected chi connectivity index (χ2v) is 11.6. The van der Waals surface area contributed by atoms with E-state index in [9.17, 15) is 18.8 Å². The van der Waals surface area contributed by atoms with Gasteiger partial charge in [0, 0.05) is 38.5 Å². The molecule has 1 heterocycles. The number of nitrogens with zero attached hydrogens (tertiary/aromatic N) is 3. The zero-order valence-electron chi connectivity index (χ0n) is 24.7. The highest BCUT2D eigenvalue weighted by Gasteiger charge is 2.29. The van der Waals surface area contributed by atoms with E-state index in [0.717, 1.165) is 6.07 Å². The average Bonchev–Trinajstić information content (AvgIpc) is 3.13. The highest BCUT2D eigenvalue weighted by Crippen LogP contribution is 2.28. The predicted molar refractivity (Wildman–Crippen MR) is 160 cm³/mol. The van der Waals surface area contributed by atoms with Crippen molar-refractivity contribution in [1.29, 1.82) is 0 Å². The molecule has 0 unspecified atom stereocenters. The summed E-state index contributed by atoms with van der Waals surface area (Å²) in [7, 11) is 5.72. The fourth-order valence-electron chi connectivity index (χ4n) is 4.87. The number of halogens is 2. The lowest BCUT2D eigenvalue weighted by atomic mass is 9.88. The van der Waals surface area contributed by atoms with Crippen LogP contribution in [0.4, 0.5) is 10.1 Å². The van der Waals surface area contributed by atoms with Crippen LogP contribution in [-0.2, 0) is 11.8 Å². The number of hydrogen-bond donors (Lipinski definition) is 2. The first-order chi connectivity index (χ1) is 19.3. The molecule has 1 aromatic heterocycles. The first kappa shape index (κ1) is 31.9. The van der Waals surface area contributed by atoms with E-state index in [2.05, 4.69) is 10.6 Å². The zero-order valence-corrected chi connectivity index (χ0v) is 25.4. The van der Waals surface area contributed by atoms with E-state index in [-0.39, 0.29) is 59.0 Å². The minimum absolute atomic E-state index is 0.0247. The standard InChI is InChI=1S/C30H39ClFN5O4/c1-8-41-24-15-23(32)22(31)14-21(24)28(39)33-18-30(3,4)16-25(38)34-26-27(19(2)17-35(5)6)36(7)37(29(26)40)20-12-10-9-11-13-20/h9-15,19H,8,16-18H2,1-7H3,(H,33,39)(H,34,38)/t19-/m1/s1. The maximum atomic E-state index is 13.9. The molecule has 0 aliphatic heterocycles. The van der Waals surface area contributed by atoms with Crippen LogP contribution in [0.15, 0.2) is 47.3 Å². The number of amides is 2. The molecule has 2 N–H and O–H groups in total. The molecule has 9 nitrogen and oxygen atoms in total. The van der Waals surface area contributed by atoms with Gasteiger partial charge in [0.25, 0.3) is 11.5 Å². The van der Waals surface area contributed by atoms with Gasteiger partial charge in [0.1, 0.15) is 17.3 Å². The predicted octanol–water partition coefficient (Wildman–Crippen LogP) is 4.82. The van der Waals surface area contributed by atoms with Crippen LogP contribution in [0.25, 0.3) is 5.69 Å². The minimum Gasteiger partial charge on any atom is -0.493 e. The number of carbonyl (C=O) groups is 2. The van der Waals surface area contributed by atoms with Crippen LogP contribution < -0.4 is 20.9 Å². The van der Waals surface area contributed by atoms with Crippen LogP contribution in [0.1, 0.15) is 56.1 Å². The Morgan fingerprint density at radius 3 is 2.44 bits per heavy atom. The van der Waals surface area contributed by atoms with E-state index >= 15 is 0 Å². The number of likely N-dealkylation sites (N-methyl/N-ethyl adjacent to an activating group) is 1. The molecular weight excluding hydrogens is 549 g/mol. The van der Waals surface area contributed by atoms with Gasteiger partial charge in [0.05, 0.1) is 28.6 Å². The van der Waals surface area contributed by atoms with E-state index in [1.165, 1.54) is 6.07 Å². The Hall–Kier alpha value is -3.63. The largest absolute Gasteiger partial charge is 0.493 e. The molecule has 2 amide bonds. The van der Waals surface area contributed by atoms with Crippen molar-refractivity contribution in [2.24, 2.45) is 12.5 Å². The molecule has 41 heavy (non-hydrogen) atoms. The normalized spacial score (nSPS) is 12.3. The van der Waals surface area contributed by atoms with Gasteiger partial charge in [-0.05, 0) is 44.6 Å². The number of benzene rings is 2. The Balaban J connectivity index is 1.81. The first-order valence-electron chi connectivity index (χ1n) is 13.5. The second kappa shape index (κ2) is 13.4. The average molecular weight is 588 g/mol. The topological polar surface area (TPSA) is 97.6 Å². The summed E-state index contributed by atoms with van der Waals surface area (Å²) in [5.41, 5.74) is 0.729. The Bertz CT molecular complexity index is 1450. The lowest BCUT2D eigenvalue weighted by Gasteiger charge is -2.25. The Labute approximate surface area is 245 Å². The maximum absolute atomic E-state index is 13.9. The Morgan fingerprint density at radius 2 is 1.83 bits per heavy atom. The van der Waals surface area contributed by atoms with Gasteiger partial charge < -0.3 is 20.3 Å². The summed E-state index contributed by atoms with van der Waals surface area (Å²) in [6.07, 6.45) is 0.0247. The molecule has 11 heteroatoms. The fraction of sp³-hybridized carbons (Fsp3) is 0.433. The quantitative estimate of drug-likeness (QED) is 0.317. The van der Waals surface area contributed by atoms with Crippen molar-refractivity contribution in [2.75, 3.05) is 39.1 Å². The molecule has 0 spiro atoms. The number of anilines is 1. The van der Waals surface area contributed by atoms with E-state index in [1.807, 2.05) is 77.1 Å². The van der Waals surface area contributed by atoms with Gasteiger partial charge >= 0.3 is 0 Å². The molecule has 0 bridgehead atoms. The molecule has 3 aromatic rings. The highest BCUT2D eigenvalue weighted by molar-refractivity contribution is 6.31. The lowest BCUT2D eigenvalue weighted by Crippen LogP contribution is -2.37. The van der Waals surface area contributed by atoms with Crippen LogP contribution in [0.5, 0.6) is 5.75 Å². The molecule has 2 aromatic carbocycles. The summed E-state index contributed by atoms with van der Waals surface area (Å²) < 4.78 is 22.7. The summed E-state index contributed by atoms with van der Waals surface area (Å²) in [5.74, 6) is -1.52. The van der Waals surface area contributed by atoms with Gasteiger partial charge in [0.2, 0.25) is 5.91 Å². The van der Waals surface area contributed by atoms with Crippen molar-refractivity contribution < 1.29 is 18.7 Å². The van der Waals surface area contributed by atoms with E-state index in [4.69, 9.17) is 16.3 Å². The van der Waals surface area contributed by atoms with E-state index in [0.29, 0.717) is 17.9 Å². The fourth-order valence-corrected chi connectivity index (χ4v) is 5.04. The van der Waals surface area contributed by atoms with Crippen LogP contribution in [0.3, 0.4) is 0 Å². The van der Waals surface area contributed by atoms with Crippen molar-refractivity contribution >= 4 is 29.1 Å². The number of hydrogen-bond acceptors (Lipinski definition) is 5. The van der Waals surface area contributed by atoms with Gasteiger partial charge in [-0.2, -0.15) is 0 Å². The number of aromatic nitrogens is 2. The summed E-state index contributed by atoms with van der Waals surface area (Å²) in [6.45, 7) is 8.44. The number of carbonyl (C=O) groups excluding carboxylic acids is 2. The van der Waals surface area contributed by atoms with Crippen molar-refractivity contribution in [3.8, 4) is 11.4 Å². The van der Waals surface area contributed by atoms with Crippen LogP contribution in [0, 0.1) is 11.2 Å². The Kier molecular flexibility index (Phi) is 10.4. The second-order valence-electron chi connectivity index (χ2n) is 11.2.